The first-order chi connectivity index (χ1) is 20.8. The summed E-state index contributed by atoms with van der Waals surface area (Å²) in [6.45, 7) is 8.64. The van der Waals surface area contributed by atoms with E-state index in [4.69, 9.17) is 0 Å². The maximum Gasteiger partial charge on any atom is -1.00 e. The number of hydrogen-bond donors (Lipinski definition) is 0. The molecule has 2 aliphatic rings. The molecule has 0 fully saturated rings. The summed E-state index contributed by atoms with van der Waals surface area (Å²) in [4.78, 5) is 0. The molecule has 0 amide bonds. The normalized spacial score (nSPS) is 16.4. The zero-order valence-corrected chi connectivity index (χ0v) is 33.7. The minimum absolute atomic E-state index is 0. The van der Waals surface area contributed by atoms with Crippen molar-refractivity contribution in [3.05, 3.63) is 162 Å². The molecule has 0 aromatic heterocycles. The van der Waals surface area contributed by atoms with E-state index in [9.17, 15) is 0 Å². The fourth-order valence-electron chi connectivity index (χ4n) is 5.70. The van der Waals surface area contributed by atoms with Crippen molar-refractivity contribution in [2.24, 2.45) is 11.8 Å². The van der Waals surface area contributed by atoms with Crippen LogP contribution in [-0.2, 0) is 21.3 Å². The van der Waals surface area contributed by atoms with Gasteiger partial charge in [-0.15, -0.1) is 0 Å². The molecule has 2 atom stereocenters. The zero-order chi connectivity index (χ0) is 30.3. The van der Waals surface area contributed by atoms with Crippen LogP contribution in [0.3, 0.4) is 0 Å². The molecule has 0 N–H and O–H groups in total. The number of fused-ring (bicyclic) bond motifs is 2. The summed E-state index contributed by atoms with van der Waals surface area (Å²) in [5.41, 5.74) is 7.82. The number of benzene rings is 5. The van der Waals surface area contributed by atoms with Crippen molar-refractivity contribution in [1.82, 2.24) is 0 Å². The Kier molecular flexibility index (Phi) is 14.4. The van der Waals surface area contributed by atoms with Crippen molar-refractivity contribution in [2.45, 2.75) is 33.5 Å². The third-order valence-electron chi connectivity index (χ3n) is 7.86. The average molecular weight is 853 g/mol. The van der Waals surface area contributed by atoms with E-state index in [2.05, 4.69) is 173 Å². The van der Waals surface area contributed by atoms with Gasteiger partial charge in [0.05, 0.1) is 0 Å². The Balaban J connectivity index is 0.000000189. The Hall–Kier alpha value is -2.43. The van der Waals surface area contributed by atoms with Crippen LogP contribution in [0.25, 0.3) is 32.7 Å². The molecule has 5 aromatic rings. The van der Waals surface area contributed by atoms with Gasteiger partial charge in [0.25, 0.3) is 0 Å². The Bertz CT molecular complexity index is 1780. The van der Waals surface area contributed by atoms with Crippen LogP contribution in [-0.4, -0.2) is 10.1 Å². The van der Waals surface area contributed by atoms with E-state index in [0.717, 1.165) is 0 Å². The predicted molar refractivity (Wildman–Crippen MR) is 185 cm³/mol. The molecule has 5 aromatic carbocycles. The SMILES string of the molecule is CC1=[C-]C(C)C=C1c1ccc2ccccc2c1.CC1=[C-]C(C)C=C1c1ccc2ccccc2c1.[CH3][Ge](=[Hf+2])[c]1ccccc1.[Cl-].[Cl-]. The van der Waals surface area contributed by atoms with Gasteiger partial charge in [-0.3, -0.25) is 12.2 Å². The van der Waals surface area contributed by atoms with E-state index in [1.807, 2.05) is 0 Å². The van der Waals surface area contributed by atoms with E-state index >= 15 is 0 Å². The topological polar surface area (TPSA) is 0 Å². The van der Waals surface area contributed by atoms with Crippen molar-refractivity contribution in [2.75, 3.05) is 0 Å². The molecule has 0 aliphatic heterocycles. The summed E-state index contributed by atoms with van der Waals surface area (Å²) < 4.78 is 1.64. The number of rotatable bonds is 3. The van der Waals surface area contributed by atoms with E-state index < -0.39 is 10.1 Å². The monoisotopic (exact) mass is 854 g/mol. The summed E-state index contributed by atoms with van der Waals surface area (Å²) in [7, 11) is -0.627. The van der Waals surface area contributed by atoms with Crippen LogP contribution in [0.4, 0.5) is 0 Å². The van der Waals surface area contributed by atoms with Gasteiger partial charge in [-0.25, -0.2) is 11.1 Å². The first kappa shape index (κ1) is 37.0. The number of allylic oxidation sites excluding steroid dienone is 8. The summed E-state index contributed by atoms with van der Waals surface area (Å²) in [6, 6.07) is 41.2. The van der Waals surface area contributed by atoms with Gasteiger partial charge in [-0.2, -0.15) is 23.3 Å². The largest absolute Gasteiger partial charge is 1.00 e. The minimum Gasteiger partial charge on any atom is -1.00 e. The van der Waals surface area contributed by atoms with Crippen LogP contribution < -0.4 is 29.2 Å². The van der Waals surface area contributed by atoms with Crippen LogP contribution in [0.2, 0.25) is 5.76 Å². The molecule has 0 spiro atoms. The van der Waals surface area contributed by atoms with Gasteiger partial charge in [0.2, 0.25) is 0 Å². The van der Waals surface area contributed by atoms with Gasteiger partial charge in [-0.05, 0) is 21.5 Å². The van der Waals surface area contributed by atoms with E-state index in [0.29, 0.717) is 11.8 Å². The first-order valence-corrected chi connectivity index (χ1v) is 28.5. The van der Waals surface area contributed by atoms with Gasteiger partial charge < -0.3 is 24.8 Å². The number of halogens is 2. The predicted octanol–water partition coefficient (Wildman–Crippen LogP) is 4.31. The third-order valence-corrected chi connectivity index (χ3v) is 15.8. The molecule has 7 rings (SSSR count). The van der Waals surface area contributed by atoms with E-state index in [1.54, 1.807) is 4.40 Å². The van der Waals surface area contributed by atoms with Gasteiger partial charge >= 0.3 is 71.8 Å². The van der Waals surface area contributed by atoms with Crippen LogP contribution in [0.1, 0.15) is 38.8 Å². The molecule has 0 heterocycles. The van der Waals surface area contributed by atoms with Crippen molar-refractivity contribution in [3.8, 4) is 0 Å². The van der Waals surface area contributed by atoms with E-state index in [-0.39, 0.29) is 24.8 Å². The van der Waals surface area contributed by atoms with Crippen molar-refractivity contribution < 1.29 is 46.1 Å². The molecule has 4 heteroatoms. The Morgan fingerprint density at radius 2 is 0.911 bits per heavy atom. The Labute approximate surface area is 297 Å². The number of hydrogen-bond acceptors (Lipinski definition) is 0. The minimum atomic E-state index is -0.627. The average Bonchev–Trinajstić information content (AvgIpc) is 3.56. The summed E-state index contributed by atoms with van der Waals surface area (Å²) in [6.07, 6.45) is 11.5. The van der Waals surface area contributed by atoms with Crippen LogP contribution >= 0.6 is 0 Å². The quantitative estimate of drug-likeness (QED) is 0.188. The summed E-state index contributed by atoms with van der Waals surface area (Å²) in [5, 5.41) is 5.21. The smallest absolute Gasteiger partial charge is 1.00 e. The molecule has 0 radical (unpaired) electrons. The molecular weight excluding hydrogens is 814 g/mol. The van der Waals surface area contributed by atoms with E-state index in [1.165, 1.54) is 76.2 Å². The summed E-state index contributed by atoms with van der Waals surface area (Å²) in [5.74, 6) is 3.31. The molecule has 226 valence electrons. The molecule has 0 nitrogen and oxygen atoms in total. The molecule has 0 bridgehead atoms. The second kappa shape index (κ2) is 17.5. The van der Waals surface area contributed by atoms with Crippen molar-refractivity contribution >= 4 is 47.1 Å². The van der Waals surface area contributed by atoms with Crippen molar-refractivity contribution in [3.63, 3.8) is 0 Å². The molecule has 0 saturated heterocycles. The van der Waals surface area contributed by atoms with Gasteiger partial charge in [0, 0.05) is 0 Å². The standard InChI is InChI=1S/2C17H15.C7H8Ge.2ClH.Hf/c2*1-12-9-13(2)17(10-12)16-8-7-14-5-3-4-6-15(14)11-16;1-8-7-5-3-2-4-6-7;;;/h2*3-8,10-12H,1-2H3;2-6H,1H3;2*1H;/q2*-1;;;;+2/p-2. The van der Waals surface area contributed by atoms with Gasteiger partial charge in [-0.1, -0.05) is 136 Å². The first-order valence-electron chi connectivity index (χ1n) is 15.0. The zero-order valence-electron chi connectivity index (χ0n) is 26.5. The maximum absolute atomic E-state index is 3.44. The second-order valence-corrected chi connectivity index (χ2v) is 29.2. The van der Waals surface area contributed by atoms with Gasteiger partial charge in [0.1, 0.15) is 0 Å². The van der Waals surface area contributed by atoms with Gasteiger partial charge in [0.15, 0.2) is 0 Å². The van der Waals surface area contributed by atoms with Crippen LogP contribution in [0.5, 0.6) is 0 Å². The van der Waals surface area contributed by atoms with Crippen LogP contribution in [0.15, 0.2) is 139 Å². The Morgan fingerprint density at radius 1 is 0.533 bits per heavy atom. The molecule has 45 heavy (non-hydrogen) atoms. The fourth-order valence-corrected chi connectivity index (χ4v) is 10.3. The fraction of sp³-hybridized carbons (Fsp3) is 0.171. The molecule has 2 unspecified atom stereocenters. The Morgan fingerprint density at radius 3 is 1.24 bits per heavy atom. The second-order valence-electron chi connectivity index (χ2n) is 11.4. The molecular formula is C41H38Cl2GeHf-2. The van der Waals surface area contributed by atoms with Crippen LogP contribution in [0, 0.1) is 24.0 Å². The molecule has 0 saturated carbocycles. The molecule has 2 aliphatic carbocycles. The third kappa shape index (κ3) is 9.78. The van der Waals surface area contributed by atoms with Crippen molar-refractivity contribution in [1.29, 1.82) is 0 Å². The maximum atomic E-state index is 3.44. The summed E-state index contributed by atoms with van der Waals surface area (Å²) >= 11 is 1.42.